The van der Waals surface area contributed by atoms with Crippen LogP contribution >= 0.6 is 0 Å². The maximum atomic E-state index is 12.5. The number of aryl methyl sites for hydroxylation is 1. The van der Waals surface area contributed by atoms with Gasteiger partial charge in [0, 0.05) is 22.3 Å². The molecular formula is C37H40O8. The fourth-order valence-corrected chi connectivity index (χ4v) is 3.50. The molecule has 0 saturated heterocycles. The zero-order valence-corrected chi connectivity index (χ0v) is 27.0. The Morgan fingerprint density at radius 2 is 1.00 bits per heavy atom. The lowest BCUT2D eigenvalue weighted by Crippen LogP contribution is -2.10. The smallest absolute Gasteiger partial charge is 0.338 e. The van der Waals surface area contributed by atoms with Crippen molar-refractivity contribution in [3.05, 3.63) is 109 Å². The minimum atomic E-state index is -0.580. The van der Waals surface area contributed by atoms with Crippen LogP contribution in [-0.4, -0.2) is 31.8 Å². The van der Waals surface area contributed by atoms with Crippen molar-refractivity contribution in [1.29, 1.82) is 0 Å². The minimum Gasteiger partial charge on any atom is -0.493 e. The van der Waals surface area contributed by atoms with Crippen LogP contribution in [-0.2, 0) is 19.2 Å². The van der Waals surface area contributed by atoms with Gasteiger partial charge < -0.3 is 23.7 Å². The minimum absolute atomic E-state index is 0.229. The van der Waals surface area contributed by atoms with Gasteiger partial charge in [-0.2, -0.15) is 0 Å². The van der Waals surface area contributed by atoms with E-state index in [1.54, 1.807) is 63.2 Å². The number of rotatable bonds is 9. The maximum absolute atomic E-state index is 12.5. The van der Waals surface area contributed by atoms with Gasteiger partial charge in [-0.3, -0.25) is 0 Å². The van der Waals surface area contributed by atoms with Crippen molar-refractivity contribution in [2.75, 3.05) is 7.11 Å². The number of methoxy groups -OCH3 is 1. The van der Waals surface area contributed by atoms with E-state index in [1.807, 2.05) is 39.7 Å². The molecule has 0 heterocycles. The molecule has 0 atom stereocenters. The van der Waals surface area contributed by atoms with E-state index in [-0.39, 0.29) is 22.5 Å². The maximum Gasteiger partial charge on any atom is 0.338 e. The third-order valence-corrected chi connectivity index (χ3v) is 5.63. The van der Waals surface area contributed by atoms with E-state index in [0.717, 1.165) is 16.7 Å². The van der Waals surface area contributed by atoms with Gasteiger partial charge in [0.15, 0.2) is 11.5 Å². The molecule has 0 aromatic heterocycles. The number of carbonyl (C=O) groups is 4. The van der Waals surface area contributed by atoms with Gasteiger partial charge >= 0.3 is 17.9 Å². The van der Waals surface area contributed by atoms with Gasteiger partial charge in [-0.15, -0.1) is 6.58 Å². The molecule has 0 aliphatic carbocycles. The second-order valence-electron chi connectivity index (χ2n) is 10.3. The Kier molecular flexibility index (Phi) is 14.7. The fraction of sp³-hybridized carbons (Fsp3) is 0.189. The monoisotopic (exact) mass is 612 g/mol. The first-order valence-electron chi connectivity index (χ1n) is 13.6. The second-order valence-corrected chi connectivity index (χ2v) is 10.3. The molecule has 0 amide bonds. The summed E-state index contributed by atoms with van der Waals surface area (Å²) in [4.78, 5) is 44.6. The van der Waals surface area contributed by atoms with Gasteiger partial charge in [-0.1, -0.05) is 43.5 Å². The Hall–Kier alpha value is -5.50. The Bertz CT molecular complexity index is 1610. The average molecular weight is 613 g/mol. The first-order chi connectivity index (χ1) is 21.1. The standard InChI is InChI=1S/C32H30O7.C4H8.CH2O/c1-18(2)30(33)37-24-12-9-22(10-13-24)26-15-21(7)25(17-28(26)38-31(34)19(3)4)23-11-14-27(36-8)29(16-23)39-32(35)20(5)6;1-4(2)3;1-2/h9-17H,1,3,5H2,2,4,6-8H3;1H2,2-3H3;1H2. The lowest BCUT2D eigenvalue weighted by atomic mass is 9.94. The van der Waals surface area contributed by atoms with Crippen LogP contribution in [0.3, 0.4) is 0 Å². The molecule has 0 saturated carbocycles. The topological polar surface area (TPSA) is 105 Å². The zero-order valence-electron chi connectivity index (χ0n) is 27.0. The first kappa shape index (κ1) is 37.5. The highest BCUT2D eigenvalue weighted by molar-refractivity contribution is 5.92. The summed E-state index contributed by atoms with van der Waals surface area (Å²) >= 11 is 0. The fourth-order valence-electron chi connectivity index (χ4n) is 3.50. The number of ether oxygens (including phenoxy) is 4. The van der Waals surface area contributed by atoms with Crippen molar-refractivity contribution in [1.82, 2.24) is 0 Å². The van der Waals surface area contributed by atoms with Crippen molar-refractivity contribution in [2.45, 2.75) is 41.5 Å². The van der Waals surface area contributed by atoms with Crippen molar-refractivity contribution in [3.63, 3.8) is 0 Å². The number of carbonyl (C=O) groups excluding carboxylic acids is 4. The predicted molar refractivity (Wildman–Crippen MR) is 178 cm³/mol. The van der Waals surface area contributed by atoms with Crippen LogP contribution in [0, 0.1) is 6.92 Å². The van der Waals surface area contributed by atoms with Crippen molar-refractivity contribution >= 4 is 24.7 Å². The van der Waals surface area contributed by atoms with E-state index in [9.17, 15) is 14.4 Å². The van der Waals surface area contributed by atoms with Crippen LogP contribution in [0.4, 0.5) is 0 Å². The molecule has 3 rings (SSSR count). The van der Waals surface area contributed by atoms with Gasteiger partial charge in [0.2, 0.25) is 0 Å². The van der Waals surface area contributed by atoms with Crippen LogP contribution in [0.5, 0.6) is 23.0 Å². The summed E-state index contributed by atoms with van der Waals surface area (Å²) in [6.07, 6.45) is 0. The largest absolute Gasteiger partial charge is 0.493 e. The third kappa shape index (κ3) is 11.3. The molecule has 0 unspecified atom stereocenters. The van der Waals surface area contributed by atoms with Crippen molar-refractivity contribution in [3.8, 4) is 45.3 Å². The molecule has 45 heavy (non-hydrogen) atoms. The Labute approximate surface area is 265 Å². The number of hydrogen-bond acceptors (Lipinski definition) is 8. The summed E-state index contributed by atoms with van der Waals surface area (Å²) in [6.45, 7) is 27.0. The van der Waals surface area contributed by atoms with E-state index in [0.29, 0.717) is 28.4 Å². The van der Waals surface area contributed by atoms with Crippen LogP contribution in [0.25, 0.3) is 22.3 Å². The summed E-state index contributed by atoms with van der Waals surface area (Å²) in [6, 6.07) is 15.6. The molecule has 0 aliphatic rings. The Morgan fingerprint density at radius 1 is 0.556 bits per heavy atom. The average Bonchev–Trinajstić information content (AvgIpc) is 2.98. The highest BCUT2D eigenvalue weighted by Gasteiger charge is 2.18. The second kappa shape index (κ2) is 17.6. The van der Waals surface area contributed by atoms with Crippen LogP contribution in [0.15, 0.2) is 103 Å². The van der Waals surface area contributed by atoms with E-state index in [4.69, 9.17) is 23.7 Å². The molecule has 236 valence electrons. The Balaban J connectivity index is 0.00000156. The van der Waals surface area contributed by atoms with E-state index in [2.05, 4.69) is 26.3 Å². The van der Waals surface area contributed by atoms with Gasteiger partial charge in [0.25, 0.3) is 0 Å². The zero-order chi connectivity index (χ0) is 34.4. The summed E-state index contributed by atoms with van der Waals surface area (Å²) in [7, 11) is 1.48. The third-order valence-electron chi connectivity index (χ3n) is 5.63. The molecule has 3 aromatic carbocycles. The normalized spacial score (nSPS) is 9.58. The first-order valence-corrected chi connectivity index (χ1v) is 13.6. The number of esters is 3. The van der Waals surface area contributed by atoms with Crippen LogP contribution < -0.4 is 18.9 Å². The van der Waals surface area contributed by atoms with Crippen LogP contribution in [0.1, 0.15) is 40.2 Å². The molecule has 8 nitrogen and oxygen atoms in total. The molecule has 0 N–H and O–H groups in total. The van der Waals surface area contributed by atoms with E-state index in [1.165, 1.54) is 12.7 Å². The molecule has 0 aliphatic heterocycles. The van der Waals surface area contributed by atoms with Gasteiger partial charge in [-0.05, 0) is 100 Å². The summed E-state index contributed by atoms with van der Waals surface area (Å²) in [5, 5.41) is 0. The lowest BCUT2D eigenvalue weighted by molar-refractivity contribution is -0.131. The van der Waals surface area contributed by atoms with E-state index >= 15 is 0 Å². The molecule has 0 radical (unpaired) electrons. The summed E-state index contributed by atoms with van der Waals surface area (Å²) < 4.78 is 21.8. The highest BCUT2D eigenvalue weighted by atomic mass is 16.6. The molecular weight excluding hydrogens is 572 g/mol. The molecule has 8 heteroatoms. The molecule has 0 spiro atoms. The van der Waals surface area contributed by atoms with Gasteiger partial charge in [0.05, 0.1) is 7.11 Å². The molecule has 0 bridgehead atoms. The Morgan fingerprint density at radius 3 is 1.47 bits per heavy atom. The molecule has 0 fully saturated rings. The summed E-state index contributed by atoms with van der Waals surface area (Å²) in [5.41, 5.74) is 5.63. The molecule has 3 aromatic rings. The van der Waals surface area contributed by atoms with Crippen molar-refractivity contribution < 1.29 is 38.1 Å². The van der Waals surface area contributed by atoms with Gasteiger partial charge in [0.1, 0.15) is 18.3 Å². The quantitative estimate of drug-likeness (QED) is 0.103. The highest BCUT2D eigenvalue weighted by Crippen LogP contribution is 2.40. The number of allylic oxidation sites excluding steroid dienone is 1. The number of benzene rings is 3. The lowest BCUT2D eigenvalue weighted by Gasteiger charge is -2.17. The predicted octanol–water partition coefficient (Wildman–Crippen LogP) is 8.18. The SMILES string of the molecule is C=C(C)C.C=C(C)C(=O)Oc1ccc(-c2cc(C)c(-c3ccc(OC)c(OC(=O)C(=C)C)c3)cc2OC(=O)C(=C)C)cc1.C=O. The van der Waals surface area contributed by atoms with Crippen LogP contribution in [0.2, 0.25) is 0 Å². The summed E-state index contributed by atoms with van der Waals surface area (Å²) in [5.74, 6) is -0.417. The van der Waals surface area contributed by atoms with Crippen molar-refractivity contribution in [2.24, 2.45) is 0 Å². The number of hydrogen-bond donors (Lipinski definition) is 0. The van der Waals surface area contributed by atoms with E-state index < -0.39 is 17.9 Å². The van der Waals surface area contributed by atoms with Gasteiger partial charge in [-0.25, -0.2) is 14.4 Å².